The Morgan fingerprint density at radius 3 is 2.29 bits per heavy atom. The first-order valence-corrected chi connectivity index (χ1v) is 13.0. The molecule has 0 radical (unpaired) electrons. The Labute approximate surface area is 234 Å². The molecule has 5 rings (SSSR count). The molecular weight excluding hydrogens is 531 g/mol. The van der Waals surface area contributed by atoms with Gasteiger partial charge in [-0.1, -0.05) is 54.6 Å². The third-order valence-electron chi connectivity index (χ3n) is 6.50. The summed E-state index contributed by atoms with van der Waals surface area (Å²) in [5.41, 5.74) is 2.31. The van der Waals surface area contributed by atoms with Crippen molar-refractivity contribution < 1.29 is 32.5 Å². The van der Waals surface area contributed by atoms with Crippen LogP contribution in [0.15, 0.2) is 103 Å². The summed E-state index contributed by atoms with van der Waals surface area (Å²) in [5, 5.41) is 9.15. The average Bonchev–Trinajstić information content (AvgIpc) is 2.96. The van der Waals surface area contributed by atoms with Gasteiger partial charge in [-0.2, -0.15) is 13.2 Å². The van der Waals surface area contributed by atoms with Crippen LogP contribution in [-0.2, 0) is 17.4 Å². The second-order valence-electron chi connectivity index (χ2n) is 9.47. The van der Waals surface area contributed by atoms with Gasteiger partial charge in [-0.15, -0.1) is 0 Å². The lowest BCUT2D eigenvalue weighted by atomic mass is 9.92. The first-order valence-electron chi connectivity index (χ1n) is 13.0. The van der Waals surface area contributed by atoms with Crippen LogP contribution < -0.4 is 9.47 Å². The van der Waals surface area contributed by atoms with Crippen molar-refractivity contribution in [1.29, 1.82) is 0 Å². The maximum absolute atomic E-state index is 13.9. The Morgan fingerprint density at radius 1 is 0.829 bits per heavy atom. The summed E-state index contributed by atoms with van der Waals surface area (Å²) >= 11 is 0. The SMILES string of the molecule is O=C(O)CCCOc1ccc(Oc2cccc(-c3c(Cc4ccccc4)cnc4c(C(F)(F)F)cccc34)c2)cc1. The van der Waals surface area contributed by atoms with E-state index >= 15 is 0 Å². The molecule has 0 aliphatic carbocycles. The van der Waals surface area contributed by atoms with E-state index in [-0.39, 0.29) is 18.5 Å². The number of nitrogens with zero attached hydrogens (tertiary/aromatic N) is 1. The highest BCUT2D eigenvalue weighted by Gasteiger charge is 2.33. The number of hydrogen-bond acceptors (Lipinski definition) is 4. The van der Waals surface area contributed by atoms with E-state index < -0.39 is 17.7 Å². The smallest absolute Gasteiger partial charge is 0.418 e. The number of rotatable bonds is 10. The van der Waals surface area contributed by atoms with Crippen molar-refractivity contribution in [3.8, 4) is 28.4 Å². The molecule has 8 heteroatoms. The predicted molar refractivity (Wildman–Crippen MR) is 150 cm³/mol. The van der Waals surface area contributed by atoms with Crippen LogP contribution in [0, 0.1) is 0 Å². The van der Waals surface area contributed by atoms with Gasteiger partial charge in [-0.3, -0.25) is 9.78 Å². The third-order valence-corrected chi connectivity index (χ3v) is 6.50. The van der Waals surface area contributed by atoms with Gasteiger partial charge in [0, 0.05) is 18.0 Å². The molecule has 0 aliphatic heterocycles. The van der Waals surface area contributed by atoms with Gasteiger partial charge >= 0.3 is 12.1 Å². The molecule has 0 saturated carbocycles. The molecule has 0 spiro atoms. The maximum Gasteiger partial charge on any atom is 0.418 e. The number of benzene rings is 4. The number of alkyl halides is 3. The highest BCUT2D eigenvalue weighted by molar-refractivity contribution is 5.98. The monoisotopic (exact) mass is 557 g/mol. The van der Waals surface area contributed by atoms with Gasteiger partial charge < -0.3 is 14.6 Å². The fourth-order valence-electron chi connectivity index (χ4n) is 4.65. The number of carbonyl (C=O) groups is 1. The summed E-state index contributed by atoms with van der Waals surface area (Å²) in [6, 6.07) is 28.0. The van der Waals surface area contributed by atoms with E-state index in [9.17, 15) is 18.0 Å². The van der Waals surface area contributed by atoms with Gasteiger partial charge in [0.2, 0.25) is 0 Å². The van der Waals surface area contributed by atoms with Crippen molar-refractivity contribution in [2.45, 2.75) is 25.4 Å². The Balaban J connectivity index is 1.47. The number of aliphatic carboxylic acids is 1. The van der Waals surface area contributed by atoms with Gasteiger partial charge in [-0.05, 0) is 77.6 Å². The van der Waals surface area contributed by atoms with Crippen LogP contribution in [-0.4, -0.2) is 22.7 Å². The molecule has 0 saturated heterocycles. The molecule has 0 unspecified atom stereocenters. The van der Waals surface area contributed by atoms with Crippen LogP contribution in [0.3, 0.4) is 0 Å². The zero-order chi connectivity index (χ0) is 28.8. The predicted octanol–water partition coefficient (Wildman–Crippen LogP) is 8.55. The molecule has 1 N–H and O–H groups in total. The van der Waals surface area contributed by atoms with Crippen LogP contribution in [0.2, 0.25) is 0 Å². The van der Waals surface area contributed by atoms with Gasteiger partial charge in [0.25, 0.3) is 0 Å². The number of para-hydroxylation sites is 1. The quantitative estimate of drug-likeness (QED) is 0.174. The average molecular weight is 558 g/mol. The Bertz CT molecular complexity index is 1650. The lowest BCUT2D eigenvalue weighted by Gasteiger charge is -2.17. The molecule has 0 amide bonds. The lowest BCUT2D eigenvalue weighted by molar-refractivity contribution is -0.137. The summed E-state index contributed by atoms with van der Waals surface area (Å²) in [5.74, 6) is 0.779. The number of hydrogen-bond donors (Lipinski definition) is 1. The van der Waals surface area contributed by atoms with E-state index in [1.54, 1.807) is 48.5 Å². The second-order valence-corrected chi connectivity index (χ2v) is 9.47. The largest absolute Gasteiger partial charge is 0.494 e. The summed E-state index contributed by atoms with van der Waals surface area (Å²) in [7, 11) is 0. The van der Waals surface area contributed by atoms with E-state index in [1.807, 2.05) is 36.4 Å². The molecule has 5 nitrogen and oxygen atoms in total. The fourth-order valence-corrected chi connectivity index (χ4v) is 4.65. The summed E-state index contributed by atoms with van der Waals surface area (Å²) < 4.78 is 53.2. The molecule has 0 atom stereocenters. The van der Waals surface area contributed by atoms with Gasteiger partial charge in [0.05, 0.1) is 17.7 Å². The van der Waals surface area contributed by atoms with E-state index in [2.05, 4.69) is 4.98 Å². The van der Waals surface area contributed by atoms with Crippen LogP contribution in [0.5, 0.6) is 17.2 Å². The molecular formula is C33H26F3NO4. The fraction of sp³-hybridized carbons (Fsp3) is 0.152. The van der Waals surface area contributed by atoms with Crippen LogP contribution in [0.1, 0.15) is 29.5 Å². The number of fused-ring (bicyclic) bond motifs is 1. The molecule has 5 aromatic rings. The summed E-state index contributed by atoms with van der Waals surface area (Å²) in [4.78, 5) is 14.9. The first kappa shape index (κ1) is 27.7. The molecule has 41 heavy (non-hydrogen) atoms. The van der Waals surface area contributed by atoms with Crippen molar-refractivity contribution >= 4 is 16.9 Å². The minimum atomic E-state index is -4.54. The van der Waals surface area contributed by atoms with E-state index in [0.717, 1.165) is 17.2 Å². The Morgan fingerprint density at radius 2 is 1.56 bits per heavy atom. The number of aromatic nitrogens is 1. The molecule has 0 bridgehead atoms. The Hall–Kier alpha value is -4.85. The third kappa shape index (κ3) is 6.84. The van der Waals surface area contributed by atoms with Crippen molar-refractivity contribution in [3.63, 3.8) is 0 Å². The highest BCUT2D eigenvalue weighted by Crippen LogP contribution is 2.40. The standard InChI is InChI=1S/C33H26F3NO4/c34-33(35,36)29-12-5-11-28-31(24(21-37-32(28)29)19-22-7-2-1-3-8-22)23-9-4-10-27(20-23)41-26-16-14-25(15-17-26)40-18-6-13-30(38)39/h1-5,7-12,14-17,20-21H,6,13,18-19H2,(H,38,39). The number of carboxylic acids is 1. The summed E-state index contributed by atoms with van der Waals surface area (Å²) in [6.45, 7) is 0.288. The minimum Gasteiger partial charge on any atom is -0.494 e. The Kier molecular flexibility index (Phi) is 8.19. The van der Waals surface area contributed by atoms with Crippen LogP contribution in [0.25, 0.3) is 22.0 Å². The first-order chi connectivity index (χ1) is 19.8. The minimum absolute atomic E-state index is 0.0366. The van der Waals surface area contributed by atoms with Gasteiger partial charge in [0.1, 0.15) is 17.2 Å². The van der Waals surface area contributed by atoms with Crippen molar-refractivity contribution in [2.24, 2.45) is 0 Å². The molecule has 4 aromatic carbocycles. The van der Waals surface area contributed by atoms with E-state index in [1.165, 1.54) is 12.3 Å². The van der Waals surface area contributed by atoms with Crippen molar-refractivity contribution in [1.82, 2.24) is 4.98 Å². The highest BCUT2D eigenvalue weighted by atomic mass is 19.4. The maximum atomic E-state index is 13.9. The van der Waals surface area contributed by atoms with Crippen molar-refractivity contribution in [2.75, 3.05) is 6.61 Å². The number of carboxylic acid groups (broad SMARTS) is 1. The van der Waals surface area contributed by atoms with Gasteiger partial charge in [0.15, 0.2) is 0 Å². The number of halogens is 3. The molecule has 208 valence electrons. The number of pyridine rings is 1. The van der Waals surface area contributed by atoms with Crippen molar-refractivity contribution in [3.05, 3.63) is 120 Å². The molecule has 0 aliphatic rings. The summed E-state index contributed by atoms with van der Waals surface area (Å²) in [6.07, 6.45) is -2.07. The zero-order valence-corrected chi connectivity index (χ0v) is 21.9. The topological polar surface area (TPSA) is 68.7 Å². The molecule has 1 heterocycles. The zero-order valence-electron chi connectivity index (χ0n) is 21.9. The normalized spacial score (nSPS) is 11.4. The van der Waals surface area contributed by atoms with E-state index in [4.69, 9.17) is 14.6 Å². The molecule has 1 aromatic heterocycles. The van der Waals surface area contributed by atoms with Gasteiger partial charge in [-0.25, -0.2) is 0 Å². The number of ether oxygens (including phenoxy) is 2. The second kappa shape index (κ2) is 12.1. The lowest BCUT2D eigenvalue weighted by Crippen LogP contribution is -2.07. The van der Waals surface area contributed by atoms with Crippen LogP contribution >= 0.6 is 0 Å². The van der Waals surface area contributed by atoms with Crippen LogP contribution in [0.4, 0.5) is 13.2 Å². The van der Waals surface area contributed by atoms with E-state index in [0.29, 0.717) is 46.6 Å². The molecule has 0 fully saturated rings.